The maximum atomic E-state index is 13.6. The molecule has 8 heteroatoms. The van der Waals surface area contributed by atoms with Gasteiger partial charge in [0.05, 0.1) is 12.5 Å². The lowest BCUT2D eigenvalue weighted by Gasteiger charge is -2.20. The SMILES string of the molecule is CCCCCn1nc(C(=O)N[C@H](c2ccc(OC)cc2)c2nccn2C)c2ccccc2c1=O. The summed E-state index contributed by atoms with van der Waals surface area (Å²) in [6, 6.07) is 14.1. The van der Waals surface area contributed by atoms with Gasteiger partial charge in [0.25, 0.3) is 11.5 Å². The quantitative estimate of drug-likeness (QED) is 0.384. The highest BCUT2D eigenvalue weighted by Crippen LogP contribution is 2.24. The third-order valence-electron chi connectivity index (χ3n) is 5.90. The van der Waals surface area contributed by atoms with Gasteiger partial charge >= 0.3 is 0 Å². The lowest BCUT2D eigenvalue weighted by atomic mass is 10.0. The molecule has 0 unspecified atom stereocenters. The molecule has 2 heterocycles. The number of rotatable bonds is 9. The first-order chi connectivity index (χ1) is 16.5. The number of carbonyl (C=O) groups excluding carboxylic acids is 1. The van der Waals surface area contributed by atoms with E-state index in [2.05, 4.69) is 22.3 Å². The molecule has 4 aromatic rings. The highest BCUT2D eigenvalue weighted by Gasteiger charge is 2.24. The van der Waals surface area contributed by atoms with Crippen molar-refractivity contribution in [3.8, 4) is 5.75 Å². The van der Waals surface area contributed by atoms with Crippen LogP contribution >= 0.6 is 0 Å². The van der Waals surface area contributed by atoms with Gasteiger partial charge in [0.15, 0.2) is 5.69 Å². The summed E-state index contributed by atoms with van der Waals surface area (Å²) in [7, 11) is 3.49. The Balaban J connectivity index is 1.75. The fourth-order valence-corrected chi connectivity index (χ4v) is 4.01. The molecular weight excluding hydrogens is 430 g/mol. The van der Waals surface area contributed by atoms with Crippen molar-refractivity contribution < 1.29 is 9.53 Å². The van der Waals surface area contributed by atoms with Crippen molar-refractivity contribution in [2.75, 3.05) is 7.11 Å². The number of amides is 1. The number of aromatic nitrogens is 4. The van der Waals surface area contributed by atoms with E-state index < -0.39 is 6.04 Å². The van der Waals surface area contributed by atoms with Crippen LogP contribution in [0.1, 0.15) is 54.1 Å². The second kappa shape index (κ2) is 10.3. The summed E-state index contributed by atoms with van der Waals surface area (Å²) in [6.45, 7) is 2.57. The molecule has 0 fully saturated rings. The first-order valence-electron chi connectivity index (χ1n) is 11.5. The summed E-state index contributed by atoms with van der Waals surface area (Å²) in [6.07, 6.45) is 6.37. The minimum atomic E-state index is -0.514. The number of aryl methyl sites for hydroxylation is 2. The molecule has 8 nitrogen and oxygen atoms in total. The zero-order valence-corrected chi connectivity index (χ0v) is 19.7. The van der Waals surface area contributed by atoms with Gasteiger partial charge in [-0.15, -0.1) is 0 Å². The zero-order chi connectivity index (χ0) is 24.1. The van der Waals surface area contributed by atoms with Crippen LogP contribution in [0.2, 0.25) is 0 Å². The molecule has 0 bridgehead atoms. The van der Waals surface area contributed by atoms with Gasteiger partial charge in [-0.3, -0.25) is 9.59 Å². The van der Waals surface area contributed by atoms with Gasteiger partial charge in [0.1, 0.15) is 17.6 Å². The number of nitrogens with zero attached hydrogens (tertiary/aromatic N) is 4. The number of ether oxygens (including phenoxy) is 1. The topological polar surface area (TPSA) is 91.0 Å². The van der Waals surface area contributed by atoms with Gasteiger partial charge in [-0.05, 0) is 30.2 Å². The maximum absolute atomic E-state index is 13.6. The average Bonchev–Trinajstić information content (AvgIpc) is 3.29. The number of fused-ring (bicyclic) bond motifs is 1. The summed E-state index contributed by atoms with van der Waals surface area (Å²) in [4.78, 5) is 31.1. The average molecular weight is 460 g/mol. The fourth-order valence-electron chi connectivity index (χ4n) is 4.01. The van der Waals surface area contributed by atoms with E-state index in [-0.39, 0.29) is 17.2 Å². The van der Waals surface area contributed by atoms with Crippen LogP contribution < -0.4 is 15.6 Å². The molecule has 0 radical (unpaired) electrons. The predicted octanol–water partition coefficient (Wildman–Crippen LogP) is 3.85. The van der Waals surface area contributed by atoms with E-state index in [9.17, 15) is 9.59 Å². The van der Waals surface area contributed by atoms with Crippen molar-refractivity contribution in [3.63, 3.8) is 0 Å². The van der Waals surface area contributed by atoms with Crippen LogP contribution in [-0.4, -0.2) is 32.3 Å². The molecule has 34 heavy (non-hydrogen) atoms. The molecule has 1 N–H and O–H groups in total. The first kappa shape index (κ1) is 23.2. The second-order valence-electron chi connectivity index (χ2n) is 8.21. The van der Waals surface area contributed by atoms with Crippen molar-refractivity contribution >= 4 is 16.7 Å². The third kappa shape index (κ3) is 4.71. The van der Waals surface area contributed by atoms with E-state index in [1.54, 1.807) is 37.6 Å². The minimum Gasteiger partial charge on any atom is -0.497 e. The van der Waals surface area contributed by atoms with Gasteiger partial charge in [-0.1, -0.05) is 50.1 Å². The molecule has 0 aliphatic carbocycles. The number of unbranched alkanes of at least 4 members (excludes halogenated alkanes) is 2. The molecule has 4 rings (SSSR count). The fraction of sp³-hybridized carbons (Fsp3) is 0.308. The van der Waals surface area contributed by atoms with Crippen LogP contribution in [0.5, 0.6) is 5.75 Å². The van der Waals surface area contributed by atoms with E-state index in [0.717, 1.165) is 30.6 Å². The van der Waals surface area contributed by atoms with E-state index in [1.807, 2.05) is 42.1 Å². The summed E-state index contributed by atoms with van der Waals surface area (Å²) >= 11 is 0. The van der Waals surface area contributed by atoms with Crippen LogP contribution in [0.15, 0.2) is 65.7 Å². The Kier molecular flexibility index (Phi) is 7.06. The monoisotopic (exact) mass is 459 g/mol. The summed E-state index contributed by atoms with van der Waals surface area (Å²) in [5, 5.41) is 8.61. The second-order valence-corrected chi connectivity index (χ2v) is 8.21. The molecule has 0 aliphatic heterocycles. The normalized spacial score (nSPS) is 12.0. The number of imidazole rings is 1. The zero-order valence-electron chi connectivity index (χ0n) is 19.7. The third-order valence-corrected chi connectivity index (χ3v) is 5.90. The lowest BCUT2D eigenvalue weighted by Crippen LogP contribution is -2.34. The van der Waals surface area contributed by atoms with Crippen molar-refractivity contribution in [1.82, 2.24) is 24.6 Å². The Labute approximate surface area is 198 Å². The number of carbonyl (C=O) groups is 1. The molecule has 1 amide bonds. The minimum absolute atomic E-state index is 0.181. The van der Waals surface area contributed by atoms with Gasteiger partial charge < -0.3 is 14.6 Å². The Morgan fingerprint density at radius 2 is 1.82 bits per heavy atom. The van der Waals surface area contributed by atoms with Crippen LogP contribution in [0.4, 0.5) is 0 Å². The summed E-state index contributed by atoms with van der Waals surface area (Å²) in [5.41, 5.74) is 0.891. The van der Waals surface area contributed by atoms with E-state index >= 15 is 0 Å². The van der Waals surface area contributed by atoms with Crippen molar-refractivity contribution in [3.05, 3.63) is 88.4 Å². The number of benzene rings is 2. The molecule has 0 spiro atoms. The smallest absolute Gasteiger partial charge is 0.274 e. The van der Waals surface area contributed by atoms with Crippen LogP contribution in [0.25, 0.3) is 10.8 Å². The molecular formula is C26H29N5O3. The molecule has 0 saturated heterocycles. The van der Waals surface area contributed by atoms with Crippen molar-refractivity contribution in [2.24, 2.45) is 7.05 Å². The number of nitrogens with one attached hydrogen (secondary N) is 1. The van der Waals surface area contributed by atoms with Gasteiger partial charge in [-0.2, -0.15) is 5.10 Å². The highest BCUT2D eigenvalue weighted by molar-refractivity contribution is 6.05. The number of hydrogen-bond acceptors (Lipinski definition) is 5. The largest absolute Gasteiger partial charge is 0.497 e. The lowest BCUT2D eigenvalue weighted by molar-refractivity contribution is 0.0935. The number of methoxy groups -OCH3 is 1. The van der Waals surface area contributed by atoms with Crippen LogP contribution in [0.3, 0.4) is 0 Å². The Morgan fingerprint density at radius 3 is 2.47 bits per heavy atom. The Bertz CT molecular complexity index is 1340. The van der Waals surface area contributed by atoms with Gasteiger partial charge in [0, 0.05) is 31.4 Å². The van der Waals surface area contributed by atoms with Gasteiger partial charge in [0.2, 0.25) is 0 Å². The first-order valence-corrected chi connectivity index (χ1v) is 11.5. The summed E-state index contributed by atoms with van der Waals surface area (Å²) < 4.78 is 8.56. The maximum Gasteiger partial charge on any atom is 0.274 e. The molecule has 176 valence electrons. The van der Waals surface area contributed by atoms with E-state index in [0.29, 0.717) is 23.1 Å². The standard InChI is InChI=1S/C26H29N5O3/c1-4-5-8-16-31-26(33)21-10-7-6-9-20(21)23(29-31)25(32)28-22(24-27-15-17-30(24)2)18-11-13-19(34-3)14-12-18/h6-7,9-15,17,22H,4-5,8,16H2,1-3H3,(H,28,32)/t22-/m1/s1. The summed E-state index contributed by atoms with van der Waals surface area (Å²) in [5.74, 6) is 1.03. The van der Waals surface area contributed by atoms with Gasteiger partial charge in [-0.25, -0.2) is 9.67 Å². The molecule has 2 aromatic heterocycles. The molecule has 0 aliphatic rings. The Morgan fingerprint density at radius 1 is 1.09 bits per heavy atom. The van der Waals surface area contributed by atoms with E-state index in [4.69, 9.17) is 4.74 Å². The molecule has 1 atom stereocenters. The Hall–Kier alpha value is -3.94. The number of hydrogen-bond donors (Lipinski definition) is 1. The highest BCUT2D eigenvalue weighted by atomic mass is 16.5. The van der Waals surface area contributed by atoms with E-state index in [1.165, 1.54) is 4.68 Å². The molecule has 0 saturated carbocycles. The predicted molar refractivity (Wildman–Crippen MR) is 131 cm³/mol. The van der Waals surface area contributed by atoms with Crippen molar-refractivity contribution in [2.45, 2.75) is 38.8 Å². The van der Waals surface area contributed by atoms with Crippen LogP contribution in [-0.2, 0) is 13.6 Å². The van der Waals surface area contributed by atoms with Crippen LogP contribution in [0, 0.1) is 0 Å². The molecule has 2 aromatic carbocycles. The van der Waals surface area contributed by atoms with Crippen molar-refractivity contribution in [1.29, 1.82) is 0 Å².